The normalized spacial score (nSPS) is 12.3. The van der Waals surface area contributed by atoms with Crippen LogP contribution < -0.4 is 10.1 Å². The molecule has 1 amide bonds. The summed E-state index contributed by atoms with van der Waals surface area (Å²) in [5.74, 6) is 1.34. The fourth-order valence-corrected chi connectivity index (χ4v) is 2.81. The topological polar surface area (TPSA) is 38.3 Å². The molecule has 1 atom stereocenters. The van der Waals surface area contributed by atoms with E-state index in [-0.39, 0.29) is 5.91 Å². The van der Waals surface area contributed by atoms with Gasteiger partial charge in [-0.25, -0.2) is 0 Å². The van der Waals surface area contributed by atoms with Gasteiger partial charge in [0.1, 0.15) is 5.75 Å². The highest BCUT2D eigenvalue weighted by Gasteiger charge is 2.19. The molecule has 134 valence electrons. The maximum Gasteiger partial charge on any atom is 0.265 e. The Hall–Kier alpha value is -2.29. The van der Waals surface area contributed by atoms with Crippen LogP contribution in [0.15, 0.2) is 42.5 Å². The van der Waals surface area contributed by atoms with Gasteiger partial charge < -0.3 is 10.1 Å². The Labute approximate surface area is 151 Å². The van der Waals surface area contributed by atoms with Gasteiger partial charge in [0.2, 0.25) is 0 Å². The van der Waals surface area contributed by atoms with Crippen molar-refractivity contribution in [1.29, 1.82) is 0 Å². The van der Waals surface area contributed by atoms with Gasteiger partial charge in [-0.2, -0.15) is 0 Å². The van der Waals surface area contributed by atoms with Crippen molar-refractivity contribution >= 4 is 11.6 Å². The summed E-state index contributed by atoms with van der Waals surface area (Å²) in [4.78, 5) is 12.6. The number of carbonyl (C=O) groups excluding carboxylic acids is 1. The van der Waals surface area contributed by atoms with E-state index in [1.54, 1.807) is 6.92 Å². The number of aryl methyl sites for hydroxylation is 1. The Morgan fingerprint density at radius 3 is 2.20 bits per heavy atom. The van der Waals surface area contributed by atoms with Crippen LogP contribution in [0.1, 0.15) is 63.1 Å². The minimum Gasteiger partial charge on any atom is -0.481 e. The molecule has 0 aliphatic carbocycles. The quantitative estimate of drug-likeness (QED) is 0.739. The van der Waals surface area contributed by atoms with Crippen LogP contribution in [-0.4, -0.2) is 12.0 Å². The van der Waals surface area contributed by atoms with Crippen LogP contribution >= 0.6 is 0 Å². The van der Waals surface area contributed by atoms with E-state index < -0.39 is 6.10 Å². The highest BCUT2D eigenvalue weighted by atomic mass is 16.5. The molecule has 0 bridgehead atoms. The molecule has 0 aromatic heterocycles. The SMILES string of the molecule is Cc1ccc(C(C)C)c(O[C@H](C)C(=O)Nc2ccccc2C(C)C)c1. The zero-order valence-electron chi connectivity index (χ0n) is 16.1. The van der Waals surface area contributed by atoms with Gasteiger partial charge in [0, 0.05) is 5.69 Å². The van der Waals surface area contributed by atoms with Gasteiger partial charge >= 0.3 is 0 Å². The molecule has 0 spiro atoms. The Morgan fingerprint density at radius 1 is 0.920 bits per heavy atom. The summed E-state index contributed by atoms with van der Waals surface area (Å²) in [6, 6.07) is 14.1. The average molecular weight is 339 g/mol. The van der Waals surface area contributed by atoms with Crippen LogP contribution in [0.3, 0.4) is 0 Å². The van der Waals surface area contributed by atoms with E-state index in [0.717, 1.165) is 28.1 Å². The van der Waals surface area contributed by atoms with Crippen LogP contribution in [0.4, 0.5) is 5.69 Å². The summed E-state index contributed by atoms with van der Waals surface area (Å²) in [6.45, 7) is 12.3. The Morgan fingerprint density at radius 2 is 1.56 bits per heavy atom. The van der Waals surface area contributed by atoms with Gasteiger partial charge in [-0.15, -0.1) is 0 Å². The molecular formula is C22H29NO2. The van der Waals surface area contributed by atoms with Gasteiger partial charge in [-0.1, -0.05) is 58.0 Å². The summed E-state index contributed by atoms with van der Waals surface area (Å²) in [6.07, 6.45) is -0.570. The molecule has 2 rings (SSSR count). The molecule has 0 heterocycles. The smallest absolute Gasteiger partial charge is 0.265 e. The van der Waals surface area contributed by atoms with E-state index in [2.05, 4.69) is 45.1 Å². The Balaban J connectivity index is 2.16. The number of nitrogens with one attached hydrogen (secondary N) is 1. The van der Waals surface area contributed by atoms with Crippen molar-refractivity contribution in [2.45, 2.75) is 59.5 Å². The summed E-state index contributed by atoms with van der Waals surface area (Å²) >= 11 is 0. The third-order valence-electron chi connectivity index (χ3n) is 4.30. The maximum atomic E-state index is 12.6. The third kappa shape index (κ3) is 4.85. The highest BCUT2D eigenvalue weighted by Crippen LogP contribution is 2.29. The van der Waals surface area contributed by atoms with Crippen molar-refractivity contribution in [3.05, 3.63) is 59.2 Å². The lowest BCUT2D eigenvalue weighted by Gasteiger charge is -2.20. The summed E-state index contributed by atoms with van der Waals surface area (Å²) in [7, 11) is 0. The van der Waals surface area contributed by atoms with Gasteiger partial charge in [0.05, 0.1) is 0 Å². The number of anilines is 1. The average Bonchev–Trinajstić information content (AvgIpc) is 2.54. The van der Waals surface area contributed by atoms with E-state index in [4.69, 9.17) is 4.74 Å². The molecule has 25 heavy (non-hydrogen) atoms. The van der Waals surface area contributed by atoms with E-state index in [1.807, 2.05) is 37.3 Å². The van der Waals surface area contributed by atoms with Crippen molar-refractivity contribution in [3.8, 4) is 5.75 Å². The third-order valence-corrected chi connectivity index (χ3v) is 4.30. The molecule has 2 aromatic carbocycles. The van der Waals surface area contributed by atoms with Gasteiger partial charge in [0.15, 0.2) is 6.10 Å². The zero-order valence-corrected chi connectivity index (χ0v) is 16.1. The van der Waals surface area contributed by atoms with Gasteiger partial charge in [-0.05, 0) is 54.5 Å². The minimum absolute atomic E-state index is 0.135. The first-order chi connectivity index (χ1) is 11.8. The number of para-hydroxylation sites is 1. The van der Waals surface area contributed by atoms with E-state index in [9.17, 15) is 4.79 Å². The molecule has 0 saturated carbocycles. The molecule has 0 radical (unpaired) electrons. The first-order valence-electron chi connectivity index (χ1n) is 8.96. The van der Waals surface area contributed by atoms with E-state index >= 15 is 0 Å². The number of ether oxygens (including phenoxy) is 1. The van der Waals surface area contributed by atoms with Crippen molar-refractivity contribution in [3.63, 3.8) is 0 Å². The van der Waals surface area contributed by atoms with Crippen LogP contribution in [0.25, 0.3) is 0 Å². The molecule has 3 heteroatoms. The second-order valence-electron chi connectivity index (χ2n) is 7.19. The van der Waals surface area contributed by atoms with Crippen LogP contribution in [0.2, 0.25) is 0 Å². The van der Waals surface area contributed by atoms with Crippen molar-refractivity contribution in [1.82, 2.24) is 0 Å². The van der Waals surface area contributed by atoms with Gasteiger partial charge in [0.25, 0.3) is 5.91 Å². The molecule has 3 nitrogen and oxygen atoms in total. The largest absolute Gasteiger partial charge is 0.481 e. The molecule has 0 unspecified atom stereocenters. The Kier molecular flexibility index (Phi) is 6.24. The predicted octanol–water partition coefficient (Wildman–Crippen LogP) is 5.65. The fraction of sp³-hybridized carbons (Fsp3) is 0.409. The maximum absolute atomic E-state index is 12.6. The predicted molar refractivity (Wildman–Crippen MR) is 105 cm³/mol. The number of rotatable bonds is 6. The van der Waals surface area contributed by atoms with Crippen LogP contribution in [-0.2, 0) is 4.79 Å². The molecule has 1 N–H and O–H groups in total. The number of amides is 1. The van der Waals surface area contributed by atoms with Crippen molar-refractivity contribution in [2.24, 2.45) is 0 Å². The van der Waals surface area contributed by atoms with Crippen molar-refractivity contribution < 1.29 is 9.53 Å². The number of hydrogen-bond donors (Lipinski definition) is 1. The summed E-state index contributed by atoms with van der Waals surface area (Å²) in [5, 5.41) is 3.01. The zero-order chi connectivity index (χ0) is 18.6. The lowest BCUT2D eigenvalue weighted by Crippen LogP contribution is -2.31. The molecular weight excluding hydrogens is 310 g/mol. The molecule has 2 aromatic rings. The second-order valence-corrected chi connectivity index (χ2v) is 7.19. The monoisotopic (exact) mass is 339 g/mol. The van der Waals surface area contributed by atoms with Gasteiger partial charge in [-0.3, -0.25) is 4.79 Å². The number of benzene rings is 2. The lowest BCUT2D eigenvalue weighted by molar-refractivity contribution is -0.122. The van der Waals surface area contributed by atoms with Crippen LogP contribution in [0, 0.1) is 6.92 Å². The standard InChI is InChI=1S/C22H29NO2/c1-14(2)18-9-7-8-10-20(18)23-22(24)17(6)25-21-13-16(5)11-12-19(21)15(3)4/h7-15,17H,1-6H3,(H,23,24)/t17-/m1/s1. The van der Waals surface area contributed by atoms with E-state index in [0.29, 0.717) is 11.8 Å². The first-order valence-corrected chi connectivity index (χ1v) is 8.96. The molecule has 0 aliphatic heterocycles. The lowest BCUT2D eigenvalue weighted by atomic mass is 10.0. The van der Waals surface area contributed by atoms with E-state index in [1.165, 1.54) is 0 Å². The number of carbonyl (C=O) groups is 1. The van der Waals surface area contributed by atoms with Crippen molar-refractivity contribution in [2.75, 3.05) is 5.32 Å². The fourth-order valence-electron chi connectivity index (χ4n) is 2.81. The number of hydrogen-bond acceptors (Lipinski definition) is 2. The first kappa shape index (κ1) is 19.0. The highest BCUT2D eigenvalue weighted by molar-refractivity contribution is 5.94. The van der Waals surface area contributed by atoms with Crippen LogP contribution in [0.5, 0.6) is 5.75 Å². The molecule has 0 saturated heterocycles. The second kappa shape index (κ2) is 8.19. The summed E-state index contributed by atoms with van der Waals surface area (Å²) < 4.78 is 6.01. The molecule has 0 aliphatic rings. The molecule has 0 fully saturated rings. The summed E-state index contributed by atoms with van der Waals surface area (Å²) in [5.41, 5.74) is 4.22. The Bertz CT molecular complexity index is 735. The minimum atomic E-state index is -0.570.